The second-order valence-corrected chi connectivity index (χ2v) is 6.73. The van der Waals surface area contributed by atoms with Gasteiger partial charge >= 0.3 is 0 Å². The summed E-state index contributed by atoms with van der Waals surface area (Å²) in [5.74, 6) is 1.44. The number of nitrogens with one attached hydrogen (secondary N) is 1. The Morgan fingerprint density at radius 1 is 1.35 bits per heavy atom. The zero-order valence-corrected chi connectivity index (χ0v) is 17.9. The summed E-state index contributed by atoms with van der Waals surface area (Å²) in [6.07, 6.45) is 3.16. The number of aliphatic imine (C=N–C) groups is 1. The molecule has 1 aromatic rings. The molecular weight excluding hydrogens is 443 g/mol. The zero-order chi connectivity index (χ0) is 17.6. The van der Waals surface area contributed by atoms with E-state index in [4.69, 9.17) is 4.74 Å². The summed E-state index contributed by atoms with van der Waals surface area (Å²) >= 11 is 0. The molecule has 1 amide bonds. The van der Waals surface area contributed by atoms with Crippen LogP contribution in [0, 0.1) is 5.92 Å². The minimum absolute atomic E-state index is 0. The summed E-state index contributed by atoms with van der Waals surface area (Å²) in [6.45, 7) is 3.71. The third-order valence-corrected chi connectivity index (χ3v) is 5.01. The van der Waals surface area contributed by atoms with E-state index in [0.717, 1.165) is 57.2 Å². The molecule has 1 atom stereocenters. The highest BCUT2D eigenvalue weighted by atomic mass is 127. The number of nitrogens with zero attached hydrogens (tertiary/aromatic N) is 3. The lowest BCUT2D eigenvalue weighted by Gasteiger charge is -2.30. The van der Waals surface area contributed by atoms with Crippen LogP contribution in [0.4, 0.5) is 5.69 Å². The van der Waals surface area contributed by atoms with Gasteiger partial charge in [-0.2, -0.15) is 0 Å². The fraction of sp³-hybridized carbons (Fsp3) is 0.579. The molecule has 1 saturated heterocycles. The summed E-state index contributed by atoms with van der Waals surface area (Å²) in [4.78, 5) is 21.2. The number of fused-ring (bicyclic) bond motifs is 1. The van der Waals surface area contributed by atoms with E-state index in [1.165, 1.54) is 5.56 Å². The molecular formula is C19H29IN4O2. The first-order valence-electron chi connectivity index (χ1n) is 9.05. The minimum Gasteiger partial charge on any atom is -0.384 e. The third kappa shape index (κ3) is 4.88. The highest BCUT2D eigenvalue weighted by Crippen LogP contribution is 2.26. The van der Waals surface area contributed by atoms with E-state index in [9.17, 15) is 4.79 Å². The standard InChI is InChI=1S/C19H28N4O2.HI/c1-20-19(22-11-9-15(13-22)14-25-2)21-12-18(24)23-10-5-7-16-6-3-4-8-17(16)23;/h3-4,6,8,15H,5,7,9-14H2,1-2H3,(H,20,21);1H. The SMILES string of the molecule is CN=C(NCC(=O)N1CCCc2ccccc21)N1CCC(COC)C1.I. The van der Waals surface area contributed by atoms with Gasteiger partial charge in [0.15, 0.2) is 5.96 Å². The molecule has 6 nitrogen and oxygen atoms in total. The number of guanidine groups is 1. The Bertz CT molecular complexity index is 638. The number of likely N-dealkylation sites (tertiary alicyclic amines) is 1. The number of hydrogen-bond donors (Lipinski definition) is 1. The summed E-state index contributed by atoms with van der Waals surface area (Å²) in [5.41, 5.74) is 2.31. The van der Waals surface area contributed by atoms with Crippen LogP contribution in [-0.2, 0) is 16.0 Å². The van der Waals surface area contributed by atoms with Gasteiger partial charge in [-0.1, -0.05) is 18.2 Å². The Hall–Kier alpha value is -1.35. The first-order chi connectivity index (χ1) is 12.2. The van der Waals surface area contributed by atoms with Crippen LogP contribution >= 0.6 is 24.0 Å². The van der Waals surface area contributed by atoms with E-state index in [1.54, 1.807) is 14.2 Å². The number of halogens is 1. The van der Waals surface area contributed by atoms with E-state index < -0.39 is 0 Å². The molecule has 3 rings (SSSR count). The molecule has 2 aliphatic heterocycles. The van der Waals surface area contributed by atoms with Gasteiger partial charge in [0.2, 0.25) is 5.91 Å². The first-order valence-corrected chi connectivity index (χ1v) is 9.05. The summed E-state index contributed by atoms with van der Waals surface area (Å²) in [7, 11) is 3.51. The van der Waals surface area contributed by atoms with Gasteiger partial charge in [0.25, 0.3) is 0 Å². The molecule has 1 aromatic carbocycles. The molecule has 7 heteroatoms. The number of benzene rings is 1. The molecule has 1 N–H and O–H groups in total. The maximum Gasteiger partial charge on any atom is 0.246 e. The van der Waals surface area contributed by atoms with Crippen molar-refractivity contribution < 1.29 is 9.53 Å². The number of ether oxygens (including phenoxy) is 1. The molecule has 26 heavy (non-hydrogen) atoms. The van der Waals surface area contributed by atoms with Gasteiger partial charge in [0, 0.05) is 45.4 Å². The van der Waals surface area contributed by atoms with Crippen LogP contribution in [0.1, 0.15) is 18.4 Å². The van der Waals surface area contributed by atoms with Crippen LogP contribution in [-0.4, -0.2) is 63.7 Å². The van der Waals surface area contributed by atoms with Crippen molar-refractivity contribution in [3.8, 4) is 0 Å². The lowest BCUT2D eigenvalue weighted by atomic mass is 10.0. The number of para-hydroxylation sites is 1. The van der Waals surface area contributed by atoms with E-state index in [-0.39, 0.29) is 36.4 Å². The van der Waals surface area contributed by atoms with Crippen LogP contribution in [0.3, 0.4) is 0 Å². The number of hydrogen-bond acceptors (Lipinski definition) is 3. The van der Waals surface area contributed by atoms with Crippen molar-refractivity contribution in [2.24, 2.45) is 10.9 Å². The Balaban J connectivity index is 0.00000243. The zero-order valence-electron chi connectivity index (χ0n) is 15.6. The number of carbonyl (C=O) groups is 1. The first kappa shape index (κ1) is 21.0. The van der Waals surface area contributed by atoms with Gasteiger partial charge in [0.1, 0.15) is 0 Å². The van der Waals surface area contributed by atoms with Crippen molar-refractivity contribution in [2.75, 3.05) is 51.8 Å². The van der Waals surface area contributed by atoms with E-state index in [2.05, 4.69) is 21.3 Å². The van der Waals surface area contributed by atoms with E-state index in [1.807, 2.05) is 23.1 Å². The Morgan fingerprint density at radius 3 is 2.92 bits per heavy atom. The maximum atomic E-state index is 12.7. The van der Waals surface area contributed by atoms with Crippen molar-refractivity contribution >= 4 is 41.5 Å². The number of rotatable bonds is 4. The highest BCUT2D eigenvalue weighted by molar-refractivity contribution is 14.0. The smallest absolute Gasteiger partial charge is 0.246 e. The molecule has 1 fully saturated rings. The summed E-state index contributed by atoms with van der Waals surface area (Å²) in [6, 6.07) is 8.19. The fourth-order valence-electron chi connectivity index (χ4n) is 3.77. The molecule has 0 spiro atoms. The number of anilines is 1. The number of carbonyl (C=O) groups excluding carboxylic acids is 1. The number of methoxy groups -OCH3 is 1. The van der Waals surface area contributed by atoms with Crippen molar-refractivity contribution in [1.29, 1.82) is 0 Å². The van der Waals surface area contributed by atoms with Gasteiger partial charge in [-0.25, -0.2) is 0 Å². The van der Waals surface area contributed by atoms with Gasteiger partial charge in [0.05, 0.1) is 13.2 Å². The van der Waals surface area contributed by atoms with Crippen molar-refractivity contribution in [3.63, 3.8) is 0 Å². The molecule has 0 aromatic heterocycles. The van der Waals surface area contributed by atoms with Crippen LogP contribution in [0.15, 0.2) is 29.3 Å². The lowest BCUT2D eigenvalue weighted by molar-refractivity contribution is -0.117. The fourth-order valence-corrected chi connectivity index (χ4v) is 3.77. The van der Waals surface area contributed by atoms with E-state index in [0.29, 0.717) is 5.92 Å². The third-order valence-electron chi connectivity index (χ3n) is 5.01. The minimum atomic E-state index is 0. The summed E-state index contributed by atoms with van der Waals surface area (Å²) < 4.78 is 5.25. The lowest BCUT2D eigenvalue weighted by Crippen LogP contribution is -2.47. The van der Waals surface area contributed by atoms with Crippen LogP contribution in [0.2, 0.25) is 0 Å². The molecule has 0 radical (unpaired) electrons. The van der Waals surface area contributed by atoms with Crippen molar-refractivity contribution in [1.82, 2.24) is 10.2 Å². The van der Waals surface area contributed by atoms with Crippen molar-refractivity contribution in [3.05, 3.63) is 29.8 Å². The molecule has 0 bridgehead atoms. The molecule has 1 unspecified atom stereocenters. The molecule has 0 saturated carbocycles. The molecule has 0 aliphatic carbocycles. The van der Waals surface area contributed by atoms with Gasteiger partial charge in [-0.15, -0.1) is 24.0 Å². The van der Waals surface area contributed by atoms with Crippen molar-refractivity contribution in [2.45, 2.75) is 19.3 Å². The van der Waals surface area contributed by atoms with Crippen LogP contribution < -0.4 is 10.2 Å². The predicted molar refractivity (Wildman–Crippen MR) is 115 cm³/mol. The quantitative estimate of drug-likeness (QED) is 0.415. The van der Waals surface area contributed by atoms with Crippen LogP contribution in [0.5, 0.6) is 0 Å². The normalized spacial score (nSPS) is 19.8. The Labute approximate surface area is 173 Å². The van der Waals surface area contributed by atoms with E-state index >= 15 is 0 Å². The Morgan fingerprint density at radius 2 is 2.15 bits per heavy atom. The molecule has 144 valence electrons. The molecule has 2 heterocycles. The van der Waals surface area contributed by atoms with Gasteiger partial charge in [-0.3, -0.25) is 9.79 Å². The second kappa shape index (κ2) is 10.1. The predicted octanol–water partition coefficient (Wildman–Crippen LogP) is 2.13. The highest BCUT2D eigenvalue weighted by Gasteiger charge is 2.26. The van der Waals surface area contributed by atoms with Gasteiger partial charge in [-0.05, 0) is 30.9 Å². The van der Waals surface area contributed by atoms with Gasteiger partial charge < -0.3 is 19.9 Å². The number of aryl methyl sites for hydroxylation is 1. The summed E-state index contributed by atoms with van der Waals surface area (Å²) in [5, 5.41) is 3.25. The monoisotopic (exact) mass is 472 g/mol. The molecule has 2 aliphatic rings. The largest absolute Gasteiger partial charge is 0.384 e. The number of amides is 1. The average molecular weight is 472 g/mol. The maximum absolute atomic E-state index is 12.7. The Kier molecular flexibility index (Phi) is 8.15. The van der Waals surface area contributed by atoms with Crippen LogP contribution in [0.25, 0.3) is 0 Å². The topological polar surface area (TPSA) is 57.2 Å². The second-order valence-electron chi connectivity index (χ2n) is 6.73. The average Bonchev–Trinajstić information content (AvgIpc) is 3.10.